The van der Waals surface area contributed by atoms with E-state index in [-0.39, 0.29) is 17.7 Å². The van der Waals surface area contributed by atoms with Crippen LogP contribution in [0.2, 0.25) is 0 Å². The van der Waals surface area contributed by atoms with Crippen molar-refractivity contribution >= 4 is 23.3 Å². The molecule has 0 aliphatic carbocycles. The van der Waals surface area contributed by atoms with Gasteiger partial charge in [-0.3, -0.25) is 9.69 Å². The standard InChI is InChI=1S/C20H21F3N2O3S/c21-20(22,23)28-16-6-3-15(4-7-16)5-8-19(26)24-14-17(18-2-1-13-29-18)25-9-11-27-12-10-25/h1-8,13,17H,9-12,14H2,(H,24,26)/b8-5+/t17-/m0/s1. The number of carbonyl (C=O) groups excluding carboxylic acids is 1. The summed E-state index contributed by atoms with van der Waals surface area (Å²) in [4.78, 5) is 15.7. The topological polar surface area (TPSA) is 50.8 Å². The molecule has 1 aliphatic rings. The number of benzene rings is 1. The maximum absolute atomic E-state index is 12.2. The van der Waals surface area contributed by atoms with Gasteiger partial charge >= 0.3 is 6.36 Å². The fourth-order valence-corrected chi connectivity index (χ4v) is 3.85. The molecule has 1 amide bonds. The Morgan fingerprint density at radius 2 is 1.97 bits per heavy atom. The number of hydrogen-bond acceptors (Lipinski definition) is 5. The van der Waals surface area contributed by atoms with Crippen molar-refractivity contribution in [1.29, 1.82) is 0 Å². The first-order valence-corrected chi connectivity index (χ1v) is 9.95. The summed E-state index contributed by atoms with van der Waals surface area (Å²) in [7, 11) is 0. The molecular weight excluding hydrogens is 405 g/mol. The predicted molar refractivity (Wildman–Crippen MR) is 105 cm³/mol. The maximum atomic E-state index is 12.2. The lowest BCUT2D eigenvalue weighted by Gasteiger charge is -2.34. The minimum Gasteiger partial charge on any atom is -0.406 e. The molecule has 0 bridgehead atoms. The van der Waals surface area contributed by atoms with Gasteiger partial charge in [-0.1, -0.05) is 18.2 Å². The number of carbonyl (C=O) groups is 1. The van der Waals surface area contributed by atoms with Gasteiger partial charge in [0.25, 0.3) is 0 Å². The van der Waals surface area contributed by atoms with Crippen LogP contribution in [-0.2, 0) is 9.53 Å². The smallest absolute Gasteiger partial charge is 0.406 e. The van der Waals surface area contributed by atoms with Crippen LogP contribution in [0.15, 0.2) is 47.9 Å². The zero-order valence-electron chi connectivity index (χ0n) is 15.5. The molecule has 1 aliphatic heterocycles. The number of alkyl halides is 3. The zero-order chi connectivity index (χ0) is 20.7. The van der Waals surface area contributed by atoms with Gasteiger partial charge in [0.15, 0.2) is 0 Å². The summed E-state index contributed by atoms with van der Waals surface area (Å²) in [6.07, 6.45) is -1.82. The number of halogens is 3. The Labute approximate surface area is 170 Å². The normalized spacial score (nSPS) is 16.7. The van der Waals surface area contributed by atoms with Gasteiger partial charge in [0.2, 0.25) is 5.91 Å². The molecule has 29 heavy (non-hydrogen) atoms. The van der Waals surface area contributed by atoms with Gasteiger partial charge in [-0.2, -0.15) is 0 Å². The van der Waals surface area contributed by atoms with Crippen LogP contribution in [0.25, 0.3) is 6.08 Å². The second-order valence-corrected chi connectivity index (χ2v) is 7.35. The molecule has 0 spiro atoms. The van der Waals surface area contributed by atoms with Gasteiger partial charge in [0.1, 0.15) is 5.75 Å². The molecule has 9 heteroatoms. The number of amides is 1. The van der Waals surface area contributed by atoms with Crippen molar-refractivity contribution in [2.75, 3.05) is 32.8 Å². The molecule has 1 aromatic carbocycles. The van der Waals surface area contributed by atoms with Crippen molar-refractivity contribution in [3.8, 4) is 5.75 Å². The molecule has 2 aromatic rings. The highest BCUT2D eigenvalue weighted by Gasteiger charge is 2.30. The van der Waals surface area contributed by atoms with Gasteiger partial charge in [0, 0.05) is 30.6 Å². The van der Waals surface area contributed by atoms with Crippen molar-refractivity contribution < 1.29 is 27.4 Å². The third-order valence-electron chi connectivity index (χ3n) is 4.37. The molecule has 156 valence electrons. The van der Waals surface area contributed by atoms with Crippen molar-refractivity contribution in [1.82, 2.24) is 10.2 Å². The van der Waals surface area contributed by atoms with E-state index in [0.29, 0.717) is 25.3 Å². The minimum atomic E-state index is -4.73. The van der Waals surface area contributed by atoms with Gasteiger partial charge in [0.05, 0.1) is 19.3 Å². The van der Waals surface area contributed by atoms with Crippen LogP contribution in [0.3, 0.4) is 0 Å². The highest BCUT2D eigenvalue weighted by molar-refractivity contribution is 7.10. The summed E-state index contributed by atoms with van der Waals surface area (Å²) in [6, 6.07) is 9.43. The average Bonchev–Trinajstić information content (AvgIpc) is 3.22. The molecule has 1 saturated heterocycles. The summed E-state index contributed by atoms with van der Waals surface area (Å²) in [6.45, 7) is 3.41. The Morgan fingerprint density at radius 1 is 1.24 bits per heavy atom. The van der Waals surface area contributed by atoms with Crippen LogP contribution in [0.1, 0.15) is 16.5 Å². The molecule has 0 unspecified atom stereocenters. The zero-order valence-corrected chi connectivity index (χ0v) is 16.3. The fraction of sp³-hybridized carbons (Fsp3) is 0.350. The quantitative estimate of drug-likeness (QED) is 0.684. The van der Waals surface area contributed by atoms with E-state index in [2.05, 4.69) is 21.0 Å². The van der Waals surface area contributed by atoms with Crippen LogP contribution >= 0.6 is 11.3 Å². The van der Waals surface area contributed by atoms with E-state index in [4.69, 9.17) is 4.74 Å². The first-order valence-electron chi connectivity index (χ1n) is 9.08. The summed E-state index contributed by atoms with van der Waals surface area (Å²) < 4.78 is 45.8. The lowest BCUT2D eigenvalue weighted by atomic mass is 10.1. The van der Waals surface area contributed by atoms with Crippen LogP contribution < -0.4 is 10.1 Å². The lowest BCUT2D eigenvalue weighted by molar-refractivity contribution is -0.274. The number of rotatable bonds is 7. The van der Waals surface area contributed by atoms with E-state index in [1.807, 2.05) is 11.4 Å². The number of hydrogen-bond donors (Lipinski definition) is 1. The van der Waals surface area contributed by atoms with Gasteiger partial charge in [-0.15, -0.1) is 24.5 Å². The Kier molecular flexibility index (Phi) is 7.29. The van der Waals surface area contributed by atoms with Crippen molar-refractivity contribution in [3.63, 3.8) is 0 Å². The Balaban J connectivity index is 1.55. The van der Waals surface area contributed by atoms with Crippen LogP contribution in [0.4, 0.5) is 13.2 Å². The highest BCUT2D eigenvalue weighted by Crippen LogP contribution is 2.25. The third-order valence-corrected chi connectivity index (χ3v) is 5.34. The largest absolute Gasteiger partial charge is 0.573 e. The summed E-state index contributed by atoms with van der Waals surface area (Å²) >= 11 is 1.65. The molecule has 1 aromatic heterocycles. The highest BCUT2D eigenvalue weighted by atomic mass is 32.1. The second kappa shape index (κ2) is 9.91. The third kappa shape index (κ3) is 6.88. The monoisotopic (exact) mass is 426 g/mol. The minimum absolute atomic E-state index is 0.0788. The number of morpholine rings is 1. The number of nitrogens with zero attached hydrogens (tertiary/aromatic N) is 1. The van der Waals surface area contributed by atoms with E-state index in [9.17, 15) is 18.0 Å². The molecular formula is C20H21F3N2O3S. The molecule has 3 rings (SSSR count). The van der Waals surface area contributed by atoms with Gasteiger partial charge < -0.3 is 14.8 Å². The molecule has 0 radical (unpaired) electrons. The predicted octanol–water partition coefficient (Wildman–Crippen LogP) is 3.85. The van der Waals surface area contributed by atoms with E-state index < -0.39 is 6.36 Å². The molecule has 2 heterocycles. The number of thiophene rings is 1. The average molecular weight is 426 g/mol. The van der Waals surface area contributed by atoms with E-state index in [1.54, 1.807) is 17.4 Å². The Morgan fingerprint density at radius 3 is 2.59 bits per heavy atom. The van der Waals surface area contributed by atoms with Crippen LogP contribution in [-0.4, -0.2) is 50.0 Å². The first-order chi connectivity index (χ1) is 13.9. The second-order valence-electron chi connectivity index (χ2n) is 6.37. The summed E-state index contributed by atoms with van der Waals surface area (Å²) in [5.74, 6) is -0.571. The van der Waals surface area contributed by atoms with Crippen LogP contribution in [0, 0.1) is 0 Å². The van der Waals surface area contributed by atoms with Crippen LogP contribution in [0.5, 0.6) is 5.75 Å². The number of ether oxygens (including phenoxy) is 2. The molecule has 1 fully saturated rings. The van der Waals surface area contributed by atoms with Crippen molar-refractivity contribution in [3.05, 3.63) is 58.3 Å². The summed E-state index contributed by atoms with van der Waals surface area (Å²) in [5, 5.41) is 4.92. The van der Waals surface area contributed by atoms with E-state index in [0.717, 1.165) is 13.1 Å². The van der Waals surface area contributed by atoms with Crippen molar-refractivity contribution in [2.45, 2.75) is 12.4 Å². The van der Waals surface area contributed by atoms with E-state index >= 15 is 0 Å². The van der Waals surface area contributed by atoms with Gasteiger partial charge in [-0.25, -0.2) is 0 Å². The molecule has 1 atom stereocenters. The lowest BCUT2D eigenvalue weighted by Crippen LogP contribution is -2.43. The SMILES string of the molecule is O=C(/C=C/c1ccc(OC(F)(F)F)cc1)NC[C@@H](c1cccs1)N1CCOCC1. The molecule has 0 saturated carbocycles. The fourth-order valence-electron chi connectivity index (χ4n) is 2.99. The maximum Gasteiger partial charge on any atom is 0.573 e. The van der Waals surface area contributed by atoms with Crippen molar-refractivity contribution in [2.24, 2.45) is 0 Å². The number of nitrogens with one attached hydrogen (secondary N) is 1. The molecule has 5 nitrogen and oxygen atoms in total. The van der Waals surface area contributed by atoms with Gasteiger partial charge in [-0.05, 0) is 35.2 Å². The molecule has 1 N–H and O–H groups in total. The Bertz CT molecular complexity index is 801. The first kappa shape index (κ1) is 21.4. The Hall–Kier alpha value is -2.36. The van der Waals surface area contributed by atoms with E-state index in [1.165, 1.54) is 35.2 Å². The summed E-state index contributed by atoms with van der Waals surface area (Å²) in [5.41, 5.74) is 0.595.